The van der Waals surface area contributed by atoms with Crippen molar-refractivity contribution >= 4 is 17.9 Å². The van der Waals surface area contributed by atoms with E-state index in [4.69, 9.17) is 29.8 Å². The van der Waals surface area contributed by atoms with Crippen LogP contribution in [0.4, 0.5) is 4.79 Å². The fourth-order valence-corrected chi connectivity index (χ4v) is 4.24. The van der Waals surface area contributed by atoms with Gasteiger partial charge in [0.1, 0.15) is 28.9 Å². The highest BCUT2D eigenvalue weighted by Gasteiger charge is 2.50. The highest BCUT2D eigenvalue weighted by Crippen LogP contribution is 2.43. The van der Waals surface area contributed by atoms with Gasteiger partial charge in [0, 0.05) is 5.56 Å². The molecule has 38 heavy (non-hydrogen) atoms. The van der Waals surface area contributed by atoms with E-state index < -0.39 is 35.0 Å². The molecule has 1 aliphatic heterocycles. The van der Waals surface area contributed by atoms with Gasteiger partial charge in [-0.05, 0) is 118 Å². The van der Waals surface area contributed by atoms with Gasteiger partial charge in [-0.1, -0.05) is 0 Å². The Kier molecular flexibility index (Phi) is 8.67. The van der Waals surface area contributed by atoms with E-state index >= 15 is 0 Å². The first-order valence-electron chi connectivity index (χ1n) is 13.3. The van der Waals surface area contributed by atoms with Crippen LogP contribution in [0.5, 0.6) is 5.75 Å². The molecule has 1 aliphatic carbocycles. The van der Waals surface area contributed by atoms with Crippen LogP contribution in [0.15, 0.2) is 23.2 Å². The first-order chi connectivity index (χ1) is 17.6. The number of carbonyl (C=O) groups is 2. The van der Waals surface area contributed by atoms with E-state index in [0.29, 0.717) is 24.4 Å². The molecule has 1 aromatic carbocycles. The predicted octanol–water partition coefficient (Wildman–Crippen LogP) is 3.78. The minimum absolute atomic E-state index is 0.0572. The SMILES string of the molecule is CNCCC1(N=C(N)c2ccc3c(c2)CCC(C(C)(ONC(=O)OC(C)(C)C)C(=O)OC(C)(C)C)O3)CC1. The van der Waals surface area contributed by atoms with Gasteiger partial charge in [0.25, 0.3) is 0 Å². The number of rotatable bonds is 9. The van der Waals surface area contributed by atoms with Crippen molar-refractivity contribution in [3.63, 3.8) is 0 Å². The Hall–Kier alpha value is -2.85. The van der Waals surface area contributed by atoms with Crippen LogP contribution in [0.3, 0.4) is 0 Å². The van der Waals surface area contributed by atoms with E-state index in [1.165, 1.54) is 0 Å². The third-order valence-electron chi connectivity index (χ3n) is 6.49. The lowest BCUT2D eigenvalue weighted by Crippen LogP contribution is -2.58. The average Bonchev–Trinajstić information content (AvgIpc) is 3.57. The first kappa shape index (κ1) is 29.7. The summed E-state index contributed by atoms with van der Waals surface area (Å²) in [5.41, 5.74) is 7.26. The summed E-state index contributed by atoms with van der Waals surface area (Å²) in [6.45, 7) is 13.0. The number of amidine groups is 1. The lowest BCUT2D eigenvalue weighted by Gasteiger charge is -2.39. The zero-order chi connectivity index (χ0) is 28.4. The quantitative estimate of drug-likeness (QED) is 0.189. The van der Waals surface area contributed by atoms with Crippen LogP contribution in [0.25, 0.3) is 0 Å². The second-order valence-corrected chi connectivity index (χ2v) is 12.4. The Morgan fingerprint density at radius 2 is 1.76 bits per heavy atom. The van der Waals surface area contributed by atoms with Crippen LogP contribution in [-0.2, 0) is 25.5 Å². The summed E-state index contributed by atoms with van der Waals surface area (Å²) in [6, 6.07) is 5.70. The molecule has 0 spiro atoms. The molecule has 1 aromatic rings. The smallest absolute Gasteiger partial charge is 0.431 e. The molecule has 0 bridgehead atoms. The Labute approximate surface area is 226 Å². The first-order valence-corrected chi connectivity index (χ1v) is 13.3. The summed E-state index contributed by atoms with van der Waals surface area (Å²) in [5.74, 6) is 0.482. The summed E-state index contributed by atoms with van der Waals surface area (Å²) < 4.78 is 17.2. The van der Waals surface area contributed by atoms with Crippen LogP contribution in [0, 0.1) is 0 Å². The number of carbonyl (C=O) groups excluding carboxylic acids is 2. The Morgan fingerprint density at radius 1 is 1.11 bits per heavy atom. The molecule has 10 heteroatoms. The van der Waals surface area contributed by atoms with Gasteiger partial charge in [-0.3, -0.25) is 4.99 Å². The third kappa shape index (κ3) is 7.83. The van der Waals surface area contributed by atoms with Gasteiger partial charge >= 0.3 is 12.1 Å². The summed E-state index contributed by atoms with van der Waals surface area (Å²) in [5, 5.41) is 3.18. The molecular weight excluding hydrogens is 488 g/mol. The number of nitrogens with one attached hydrogen (secondary N) is 2. The maximum atomic E-state index is 13.3. The molecule has 2 atom stereocenters. The van der Waals surface area contributed by atoms with E-state index in [9.17, 15) is 9.59 Å². The number of nitrogens with zero attached hydrogens (tertiary/aromatic N) is 1. The van der Waals surface area contributed by atoms with Crippen LogP contribution in [0.1, 0.15) is 85.3 Å². The number of ether oxygens (including phenoxy) is 3. The van der Waals surface area contributed by atoms with E-state index in [-0.39, 0.29) is 5.54 Å². The number of hydrogen-bond acceptors (Lipinski definition) is 8. The molecule has 1 amide bonds. The highest BCUT2D eigenvalue weighted by atomic mass is 16.7. The topological polar surface area (TPSA) is 134 Å². The highest BCUT2D eigenvalue weighted by molar-refractivity contribution is 5.98. The van der Waals surface area contributed by atoms with Crippen molar-refractivity contribution in [1.82, 2.24) is 10.8 Å². The molecule has 0 saturated heterocycles. The maximum absolute atomic E-state index is 13.3. The lowest BCUT2D eigenvalue weighted by atomic mass is 9.90. The number of amides is 1. The number of benzene rings is 1. The molecule has 4 N–H and O–H groups in total. The number of aliphatic imine (C=N–C) groups is 1. The number of fused-ring (bicyclic) bond motifs is 1. The van der Waals surface area contributed by atoms with Gasteiger partial charge in [0.15, 0.2) is 0 Å². The van der Waals surface area contributed by atoms with Gasteiger partial charge in [-0.25, -0.2) is 14.4 Å². The molecule has 10 nitrogen and oxygen atoms in total. The molecule has 3 rings (SSSR count). The summed E-state index contributed by atoms with van der Waals surface area (Å²) >= 11 is 0. The van der Waals surface area contributed by atoms with Gasteiger partial charge in [0.05, 0.1) is 5.54 Å². The molecule has 2 aliphatic rings. The molecule has 0 aromatic heterocycles. The number of nitrogens with two attached hydrogens (primary N) is 1. The standard InChI is InChI=1S/C28H44N4O6/c1-25(2,3)36-23(33)27(7,38-32-24(34)37-26(4,5)6)21-12-10-18-17-19(9-11-20(18)35-21)22(29)31-28(13-14-28)15-16-30-8/h9,11,17,21,30H,10,12-16H2,1-8H3,(H2,29,31)(H,32,34). The van der Waals surface area contributed by atoms with Crippen molar-refractivity contribution in [1.29, 1.82) is 0 Å². The van der Waals surface area contributed by atoms with E-state index in [1.807, 2.05) is 25.2 Å². The second-order valence-electron chi connectivity index (χ2n) is 12.4. The van der Waals surface area contributed by atoms with Crippen molar-refractivity contribution in [2.45, 2.75) is 109 Å². The molecule has 212 valence electrons. The fraction of sp³-hybridized carbons (Fsp3) is 0.679. The third-order valence-corrected chi connectivity index (χ3v) is 6.49. The van der Waals surface area contributed by atoms with Crippen molar-refractivity contribution in [2.24, 2.45) is 10.7 Å². The van der Waals surface area contributed by atoms with E-state index in [2.05, 4.69) is 10.8 Å². The average molecular weight is 533 g/mol. The summed E-state index contributed by atoms with van der Waals surface area (Å²) in [6.07, 6.45) is 2.57. The molecule has 1 heterocycles. The number of esters is 1. The Bertz CT molecular complexity index is 1050. The van der Waals surface area contributed by atoms with Crippen LogP contribution < -0.4 is 21.3 Å². The maximum Gasteiger partial charge on any atom is 0.431 e. The Morgan fingerprint density at radius 3 is 2.34 bits per heavy atom. The van der Waals surface area contributed by atoms with Crippen LogP contribution in [-0.4, -0.2) is 59.9 Å². The van der Waals surface area contributed by atoms with Crippen LogP contribution >= 0.6 is 0 Å². The molecule has 1 saturated carbocycles. The molecule has 2 unspecified atom stereocenters. The van der Waals surface area contributed by atoms with Gasteiger partial charge in [0.2, 0.25) is 5.60 Å². The largest absolute Gasteiger partial charge is 0.486 e. The predicted molar refractivity (Wildman–Crippen MR) is 145 cm³/mol. The normalized spacial score (nSPS) is 20.4. The molecule has 1 fully saturated rings. The number of hydroxylamine groups is 1. The van der Waals surface area contributed by atoms with E-state index in [1.54, 1.807) is 48.5 Å². The number of aryl methyl sites for hydroxylation is 1. The zero-order valence-electron chi connectivity index (χ0n) is 24.0. The molecular formula is C28H44N4O6. The van der Waals surface area contributed by atoms with E-state index in [0.717, 1.165) is 36.9 Å². The second kappa shape index (κ2) is 11.1. The van der Waals surface area contributed by atoms with Gasteiger partial charge in [-0.15, -0.1) is 0 Å². The molecule has 0 radical (unpaired) electrons. The Balaban J connectivity index is 1.78. The minimum atomic E-state index is -1.63. The monoisotopic (exact) mass is 532 g/mol. The summed E-state index contributed by atoms with van der Waals surface area (Å²) in [7, 11) is 1.94. The van der Waals surface area contributed by atoms with Crippen molar-refractivity contribution in [3.8, 4) is 5.75 Å². The minimum Gasteiger partial charge on any atom is -0.486 e. The van der Waals surface area contributed by atoms with Crippen molar-refractivity contribution in [2.75, 3.05) is 13.6 Å². The van der Waals surface area contributed by atoms with Gasteiger partial charge < -0.3 is 25.3 Å². The fourth-order valence-electron chi connectivity index (χ4n) is 4.24. The number of hydrogen-bond donors (Lipinski definition) is 3. The lowest BCUT2D eigenvalue weighted by molar-refractivity contribution is -0.205. The van der Waals surface area contributed by atoms with Crippen molar-refractivity contribution < 1.29 is 28.6 Å². The summed E-state index contributed by atoms with van der Waals surface area (Å²) in [4.78, 5) is 36.1. The van der Waals surface area contributed by atoms with Gasteiger partial charge in [-0.2, -0.15) is 5.48 Å². The van der Waals surface area contributed by atoms with Crippen molar-refractivity contribution in [3.05, 3.63) is 29.3 Å². The van der Waals surface area contributed by atoms with Crippen LogP contribution in [0.2, 0.25) is 0 Å². The zero-order valence-corrected chi connectivity index (χ0v) is 24.0.